The van der Waals surface area contributed by atoms with Crippen LogP contribution in [0, 0.1) is 0 Å². The van der Waals surface area contributed by atoms with Gasteiger partial charge in [-0.25, -0.2) is 9.67 Å². The van der Waals surface area contributed by atoms with Crippen molar-refractivity contribution in [1.29, 1.82) is 0 Å². The minimum atomic E-state index is -0.0351. The summed E-state index contributed by atoms with van der Waals surface area (Å²) in [5.74, 6) is 1.53. The fourth-order valence-corrected chi connectivity index (χ4v) is 3.13. The maximum Gasteiger partial charge on any atom is 0.223 e. The Bertz CT molecular complexity index is 917. The lowest BCUT2D eigenvalue weighted by atomic mass is 10.0. The molecule has 152 valence electrons. The monoisotopic (exact) mass is 394 g/mol. The van der Waals surface area contributed by atoms with Gasteiger partial charge in [-0.05, 0) is 48.7 Å². The molecule has 0 fully saturated rings. The predicted molar refractivity (Wildman–Crippen MR) is 110 cm³/mol. The Kier molecular flexibility index (Phi) is 6.49. The summed E-state index contributed by atoms with van der Waals surface area (Å²) in [7, 11) is 5.07. The Morgan fingerprint density at radius 3 is 2.31 bits per heavy atom. The van der Waals surface area contributed by atoms with Crippen LogP contribution in [0.4, 0.5) is 0 Å². The van der Waals surface area contributed by atoms with Crippen LogP contribution < -0.4 is 9.47 Å². The number of carbonyl (C=O) groups is 1. The van der Waals surface area contributed by atoms with E-state index >= 15 is 0 Å². The minimum Gasteiger partial charge on any atom is -0.497 e. The van der Waals surface area contributed by atoms with Crippen LogP contribution in [0.3, 0.4) is 0 Å². The average Bonchev–Trinajstić information content (AvgIpc) is 3.31. The molecule has 3 rings (SSSR count). The second kappa shape index (κ2) is 9.23. The van der Waals surface area contributed by atoms with Crippen molar-refractivity contribution in [2.75, 3.05) is 21.3 Å². The van der Waals surface area contributed by atoms with Crippen LogP contribution in [0.2, 0.25) is 0 Å². The summed E-state index contributed by atoms with van der Waals surface area (Å²) in [5, 5.41) is 4.13. The van der Waals surface area contributed by atoms with Gasteiger partial charge in [-0.1, -0.05) is 12.1 Å². The maximum absolute atomic E-state index is 12.7. The number of amides is 1. The summed E-state index contributed by atoms with van der Waals surface area (Å²) < 4.78 is 12.3. The first-order chi connectivity index (χ1) is 14.0. The van der Waals surface area contributed by atoms with Crippen LogP contribution in [0.5, 0.6) is 11.5 Å². The number of benzene rings is 2. The van der Waals surface area contributed by atoms with E-state index in [2.05, 4.69) is 10.1 Å². The first-order valence-electron chi connectivity index (χ1n) is 9.44. The fourth-order valence-electron chi connectivity index (χ4n) is 3.13. The molecule has 0 saturated heterocycles. The summed E-state index contributed by atoms with van der Waals surface area (Å²) in [6.45, 7) is 2.02. The molecule has 2 aromatic carbocycles. The number of hydrogen-bond acceptors (Lipinski definition) is 5. The standard InChI is InChI=1S/C22H26N4O3/c1-16(18-6-8-19(9-7-18)26-15-23-14-24-26)25(2)22(27)10-5-17-11-20(28-3)13-21(12-17)29-4/h6-9,11-16H,5,10H2,1-4H3. The predicted octanol–water partition coefficient (Wildman–Crippen LogP) is 3.44. The third-order valence-electron chi connectivity index (χ3n) is 5.07. The molecule has 7 heteroatoms. The molecule has 7 nitrogen and oxygen atoms in total. The maximum atomic E-state index is 12.7. The number of aryl methyl sites for hydroxylation is 1. The van der Waals surface area contributed by atoms with Crippen molar-refractivity contribution in [2.24, 2.45) is 0 Å². The van der Waals surface area contributed by atoms with Crippen molar-refractivity contribution in [3.8, 4) is 17.2 Å². The summed E-state index contributed by atoms with van der Waals surface area (Å²) in [5.41, 5.74) is 3.00. The molecule has 0 saturated carbocycles. The lowest BCUT2D eigenvalue weighted by molar-refractivity contribution is -0.131. The number of methoxy groups -OCH3 is 2. The zero-order chi connectivity index (χ0) is 20.8. The topological polar surface area (TPSA) is 69.5 Å². The van der Waals surface area contributed by atoms with Gasteiger partial charge in [0.15, 0.2) is 0 Å². The van der Waals surface area contributed by atoms with E-state index in [-0.39, 0.29) is 11.9 Å². The Hall–Kier alpha value is -3.35. The van der Waals surface area contributed by atoms with Crippen molar-refractivity contribution < 1.29 is 14.3 Å². The highest BCUT2D eigenvalue weighted by atomic mass is 16.5. The first-order valence-corrected chi connectivity index (χ1v) is 9.44. The molecule has 0 N–H and O–H groups in total. The molecular formula is C22H26N4O3. The molecule has 0 aliphatic carbocycles. The third kappa shape index (κ3) is 4.93. The van der Waals surface area contributed by atoms with E-state index in [0.717, 1.165) is 28.3 Å². The van der Waals surface area contributed by atoms with Gasteiger partial charge in [-0.3, -0.25) is 4.79 Å². The van der Waals surface area contributed by atoms with E-state index in [1.54, 1.807) is 30.1 Å². The number of nitrogens with zero attached hydrogens (tertiary/aromatic N) is 4. The summed E-state index contributed by atoms with van der Waals surface area (Å²) in [6, 6.07) is 13.6. The highest BCUT2D eigenvalue weighted by Crippen LogP contribution is 2.25. The Morgan fingerprint density at radius 1 is 1.10 bits per heavy atom. The number of aromatic nitrogens is 3. The summed E-state index contributed by atoms with van der Waals surface area (Å²) in [6.07, 6.45) is 4.19. The molecule has 3 aromatic rings. The van der Waals surface area contributed by atoms with E-state index in [4.69, 9.17) is 9.47 Å². The van der Waals surface area contributed by atoms with Gasteiger partial charge in [-0.2, -0.15) is 5.10 Å². The molecule has 0 spiro atoms. The quantitative estimate of drug-likeness (QED) is 0.585. The molecule has 0 radical (unpaired) electrons. The Labute approximate surface area is 170 Å². The van der Waals surface area contributed by atoms with E-state index in [1.807, 2.05) is 56.4 Å². The lowest BCUT2D eigenvalue weighted by Crippen LogP contribution is -2.29. The molecule has 1 amide bonds. The highest BCUT2D eigenvalue weighted by Gasteiger charge is 2.17. The van der Waals surface area contributed by atoms with Crippen molar-refractivity contribution in [1.82, 2.24) is 19.7 Å². The van der Waals surface area contributed by atoms with Crippen LogP contribution in [0.1, 0.15) is 30.5 Å². The van der Waals surface area contributed by atoms with Gasteiger partial charge in [0.25, 0.3) is 0 Å². The second-order valence-corrected chi connectivity index (χ2v) is 6.83. The van der Waals surface area contributed by atoms with E-state index in [1.165, 1.54) is 6.33 Å². The zero-order valence-corrected chi connectivity index (χ0v) is 17.2. The SMILES string of the molecule is COc1cc(CCC(=O)N(C)C(C)c2ccc(-n3cncn3)cc2)cc(OC)c1. The Morgan fingerprint density at radius 2 is 1.76 bits per heavy atom. The average molecular weight is 394 g/mol. The molecule has 0 bridgehead atoms. The van der Waals surface area contributed by atoms with Gasteiger partial charge in [0.2, 0.25) is 5.91 Å². The molecule has 0 aliphatic heterocycles. The summed E-state index contributed by atoms with van der Waals surface area (Å²) >= 11 is 0. The fraction of sp³-hybridized carbons (Fsp3) is 0.318. The molecule has 1 atom stereocenters. The summed E-state index contributed by atoms with van der Waals surface area (Å²) in [4.78, 5) is 18.5. The largest absolute Gasteiger partial charge is 0.497 e. The minimum absolute atomic E-state index is 0.0351. The van der Waals surface area contributed by atoms with Crippen LogP contribution in [0.25, 0.3) is 5.69 Å². The first kappa shape index (κ1) is 20.4. The van der Waals surface area contributed by atoms with Crippen molar-refractivity contribution in [3.63, 3.8) is 0 Å². The smallest absolute Gasteiger partial charge is 0.223 e. The molecular weight excluding hydrogens is 368 g/mol. The highest BCUT2D eigenvalue weighted by molar-refractivity contribution is 5.76. The van der Waals surface area contributed by atoms with Gasteiger partial charge in [-0.15, -0.1) is 0 Å². The molecule has 1 heterocycles. The van der Waals surface area contributed by atoms with Gasteiger partial charge in [0.05, 0.1) is 25.9 Å². The van der Waals surface area contributed by atoms with E-state index in [0.29, 0.717) is 12.8 Å². The van der Waals surface area contributed by atoms with Crippen molar-refractivity contribution in [3.05, 3.63) is 66.2 Å². The van der Waals surface area contributed by atoms with Crippen molar-refractivity contribution >= 4 is 5.91 Å². The van der Waals surface area contributed by atoms with Crippen LogP contribution >= 0.6 is 0 Å². The molecule has 29 heavy (non-hydrogen) atoms. The van der Waals surface area contributed by atoms with Gasteiger partial charge in [0.1, 0.15) is 24.2 Å². The molecule has 0 aliphatic rings. The normalized spacial score (nSPS) is 11.7. The lowest BCUT2D eigenvalue weighted by Gasteiger charge is -2.25. The van der Waals surface area contributed by atoms with Gasteiger partial charge >= 0.3 is 0 Å². The number of rotatable bonds is 8. The number of hydrogen-bond donors (Lipinski definition) is 0. The number of ether oxygens (including phenoxy) is 2. The Balaban J connectivity index is 1.62. The van der Waals surface area contributed by atoms with Crippen LogP contribution in [-0.4, -0.2) is 46.8 Å². The number of carbonyl (C=O) groups excluding carboxylic acids is 1. The van der Waals surface area contributed by atoms with Crippen LogP contribution in [-0.2, 0) is 11.2 Å². The molecule has 1 unspecified atom stereocenters. The van der Waals surface area contributed by atoms with Crippen molar-refractivity contribution in [2.45, 2.75) is 25.8 Å². The van der Waals surface area contributed by atoms with Gasteiger partial charge < -0.3 is 14.4 Å². The van der Waals surface area contributed by atoms with Gasteiger partial charge in [0, 0.05) is 19.5 Å². The molecule has 1 aromatic heterocycles. The third-order valence-corrected chi connectivity index (χ3v) is 5.07. The van der Waals surface area contributed by atoms with E-state index < -0.39 is 0 Å². The van der Waals surface area contributed by atoms with Crippen LogP contribution in [0.15, 0.2) is 55.1 Å². The second-order valence-electron chi connectivity index (χ2n) is 6.83. The zero-order valence-electron chi connectivity index (χ0n) is 17.2. The van der Waals surface area contributed by atoms with E-state index in [9.17, 15) is 4.79 Å².